The van der Waals surface area contributed by atoms with Gasteiger partial charge >= 0.3 is 0 Å². The van der Waals surface area contributed by atoms with E-state index in [0.29, 0.717) is 13.1 Å². The normalized spacial score (nSPS) is 10.6. The molecule has 0 aliphatic carbocycles. The van der Waals surface area contributed by atoms with Gasteiger partial charge in [-0.05, 0) is 19.0 Å². The van der Waals surface area contributed by atoms with Crippen molar-refractivity contribution in [3.63, 3.8) is 0 Å². The van der Waals surface area contributed by atoms with Crippen molar-refractivity contribution in [2.45, 2.75) is 13.0 Å². The van der Waals surface area contributed by atoms with Gasteiger partial charge in [0.05, 0.1) is 6.54 Å². The molecule has 1 amide bonds. The van der Waals surface area contributed by atoms with Crippen LogP contribution in [0.15, 0.2) is 30.3 Å². The van der Waals surface area contributed by atoms with Crippen LogP contribution in [0, 0.1) is 0 Å². The van der Waals surface area contributed by atoms with Crippen LogP contribution in [-0.2, 0) is 16.1 Å². The molecule has 4 heteroatoms. The van der Waals surface area contributed by atoms with Crippen LogP contribution < -0.4 is 5.32 Å². The first kappa shape index (κ1) is 14.7. The van der Waals surface area contributed by atoms with Crippen LogP contribution >= 0.6 is 0 Å². The molecular weight excluding hydrogens is 228 g/mol. The Morgan fingerprint density at radius 3 is 2.72 bits per heavy atom. The van der Waals surface area contributed by atoms with E-state index in [0.717, 1.165) is 25.1 Å². The maximum atomic E-state index is 11.7. The Morgan fingerprint density at radius 2 is 2.06 bits per heavy atom. The van der Waals surface area contributed by atoms with Crippen LogP contribution in [0.4, 0.5) is 0 Å². The molecule has 0 aliphatic rings. The fraction of sp³-hybridized carbons (Fsp3) is 0.500. The Morgan fingerprint density at radius 1 is 1.33 bits per heavy atom. The molecule has 0 unspecified atom stereocenters. The highest BCUT2D eigenvalue weighted by Gasteiger charge is 2.05. The number of nitrogens with one attached hydrogen (secondary N) is 1. The Labute approximate surface area is 109 Å². The van der Waals surface area contributed by atoms with Crippen LogP contribution in [0.2, 0.25) is 0 Å². The van der Waals surface area contributed by atoms with Gasteiger partial charge in [0.15, 0.2) is 0 Å². The van der Waals surface area contributed by atoms with Crippen molar-refractivity contribution in [2.75, 3.05) is 33.9 Å². The third-order valence-corrected chi connectivity index (χ3v) is 2.63. The molecule has 0 atom stereocenters. The molecule has 1 N–H and O–H groups in total. The monoisotopic (exact) mass is 250 g/mol. The zero-order valence-electron chi connectivity index (χ0n) is 11.2. The first-order valence-corrected chi connectivity index (χ1v) is 6.20. The average molecular weight is 250 g/mol. The van der Waals surface area contributed by atoms with Gasteiger partial charge in [-0.3, -0.25) is 9.69 Å². The number of benzene rings is 1. The summed E-state index contributed by atoms with van der Waals surface area (Å²) < 4.78 is 4.98. The number of nitrogens with zero attached hydrogens (tertiary/aromatic N) is 1. The lowest BCUT2D eigenvalue weighted by Gasteiger charge is -2.15. The van der Waals surface area contributed by atoms with E-state index in [2.05, 4.69) is 5.32 Å². The van der Waals surface area contributed by atoms with Crippen LogP contribution in [0.25, 0.3) is 0 Å². The number of likely N-dealkylation sites (N-methyl/N-ethyl adjacent to an activating group) is 1. The summed E-state index contributed by atoms with van der Waals surface area (Å²) in [7, 11) is 3.63. The summed E-state index contributed by atoms with van der Waals surface area (Å²) in [6, 6.07) is 9.91. The van der Waals surface area contributed by atoms with Crippen LogP contribution in [-0.4, -0.2) is 44.7 Å². The molecule has 1 rings (SSSR count). The molecule has 1 aromatic carbocycles. The summed E-state index contributed by atoms with van der Waals surface area (Å²) in [6.07, 6.45) is 0.943. The highest BCUT2D eigenvalue weighted by molar-refractivity contribution is 5.77. The topological polar surface area (TPSA) is 41.6 Å². The maximum absolute atomic E-state index is 11.7. The van der Waals surface area contributed by atoms with Crippen LogP contribution in [0.5, 0.6) is 0 Å². The van der Waals surface area contributed by atoms with Crippen molar-refractivity contribution in [3.05, 3.63) is 35.9 Å². The largest absolute Gasteiger partial charge is 0.385 e. The Bertz CT molecular complexity index is 341. The molecule has 100 valence electrons. The van der Waals surface area contributed by atoms with Crippen LogP contribution in [0.1, 0.15) is 12.0 Å². The number of hydrogen-bond donors (Lipinski definition) is 1. The summed E-state index contributed by atoms with van der Waals surface area (Å²) in [5, 5.41) is 2.91. The summed E-state index contributed by atoms with van der Waals surface area (Å²) >= 11 is 0. The lowest BCUT2D eigenvalue weighted by atomic mass is 10.2. The Kier molecular flexibility index (Phi) is 7.06. The number of carbonyl (C=O) groups is 1. The molecule has 18 heavy (non-hydrogen) atoms. The van der Waals surface area contributed by atoms with E-state index in [1.165, 1.54) is 0 Å². The smallest absolute Gasteiger partial charge is 0.234 e. The Balaban J connectivity index is 2.17. The third-order valence-electron chi connectivity index (χ3n) is 2.63. The van der Waals surface area contributed by atoms with E-state index in [1.807, 2.05) is 42.3 Å². The minimum Gasteiger partial charge on any atom is -0.385 e. The molecule has 0 heterocycles. The molecule has 1 aromatic rings. The first-order chi connectivity index (χ1) is 8.72. The summed E-state index contributed by atoms with van der Waals surface area (Å²) in [4.78, 5) is 13.7. The van der Waals surface area contributed by atoms with Gasteiger partial charge in [0.1, 0.15) is 0 Å². The van der Waals surface area contributed by atoms with E-state index in [1.54, 1.807) is 7.11 Å². The van der Waals surface area contributed by atoms with Gasteiger partial charge in [-0.25, -0.2) is 0 Å². The zero-order chi connectivity index (χ0) is 13.2. The van der Waals surface area contributed by atoms with Gasteiger partial charge in [0, 0.05) is 26.8 Å². The molecule has 0 radical (unpaired) electrons. The van der Waals surface area contributed by atoms with Gasteiger partial charge < -0.3 is 10.1 Å². The molecule has 0 aromatic heterocycles. The summed E-state index contributed by atoms with van der Waals surface area (Å²) in [6.45, 7) is 2.62. The fourth-order valence-electron chi connectivity index (χ4n) is 1.66. The van der Waals surface area contributed by atoms with Crippen molar-refractivity contribution < 1.29 is 9.53 Å². The minimum absolute atomic E-state index is 0.0544. The predicted octanol–water partition coefficient (Wildman–Crippen LogP) is 1.27. The number of amides is 1. The van der Waals surface area contributed by atoms with Gasteiger partial charge in [0.25, 0.3) is 0 Å². The minimum atomic E-state index is 0.0544. The lowest BCUT2D eigenvalue weighted by molar-refractivity contribution is -0.122. The van der Waals surface area contributed by atoms with Gasteiger partial charge in [-0.1, -0.05) is 30.3 Å². The average Bonchev–Trinajstić information content (AvgIpc) is 2.38. The molecule has 0 fully saturated rings. The summed E-state index contributed by atoms with van der Waals surface area (Å²) in [5.74, 6) is 0.0544. The van der Waals surface area contributed by atoms with E-state index in [-0.39, 0.29) is 5.91 Å². The second kappa shape index (κ2) is 8.66. The maximum Gasteiger partial charge on any atom is 0.234 e. The van der Waals surface area contributed by atoms with Crippen molar-refractivity contribution >= 4 is 5.91 Å². The number of hydrogen-bond acceptors (Lipinski definition) is 3. The van der Waals surface area contributed by atoms with Crippen molar-refractivity contribution in [2.24, 2.45) is 0 Å². The van der Waals surface area contributed by atoms with E-state index < -0.39 is 0 Å². The number of ether oxygens (including phenoxy) is 1. The molecule has 0 spiro atoms. The number of carbonyl (C=O) groups excluding carboxylic acids is 1. The van der Waals surface area contributed by atoms with E-state index >= 15 is 0 Å². The molecule has 0 bridgehead atoms. The SMILES string of the molecule is COCCCN(C)CC(=O)NCc1ccccc1. The highest BCUT2D eigenvalue weighted by atomic mass is 16.5. The molecule has 0 saturated heterocycles. The second-order valence-electron chi connectivity index (χ2n) is 4.35. The standard InChI is InChI=1S/C14H22N2O2/c1-16(9-6-10-18-2)12-14(17)15-11-13-7-4-3-5-8-13/h3-5,7-8H,6,9-12H2,1-2H3,(H,15,17). The third kappa shape index (κ3) is 6.37. The Hall–Kier alpha value is -1.39. The van der Waals surface area contributed by atoms with E-state index in [9.17, 15) is 4.79 Å². The second-order valence-corrected chi connectivity index (χ2v) is 4.35. The predicted molar refractivity (Wildman–Crippen MR) is 72.3 cm³/mol. The number of methoxy groups -OCH3 is 1. The zero-order valence-corrected chi connectivity index (χ0v) is 11.2. The highest BCUT2D eigenvalue weighted by Crippen LogP contribution is 1.97. The fourth-order valence-corrected chi connectivity index (χ4v) is 1.66. The van der Waals surface area contributed by atoms with Crippen molar-refractivity contribution in [1.29, 1.82) is 0 Å². The number of rotatable bonds is 8. The molecule has 0 saturated carbocycles. The van der Waals surface area contributed by atoms with Gasteiger partial charge in [-0.2, -0.15) is 0 Å². The molecular formula is C14H22N2O2. The van der Waals surface area contributed by atoms with Crippen LogP contribution in [0.3, 0.4) is 0 Å². The van der Waals surface area contributed by atoms with E-state index in [4.69, 9.17) is 4.74 Å². The first-order valence-electron chi connectivity index (χ1n) is 6.20. The summed E-state index contributed by atoms with van der Waals surface area (Å²) in [5.41, 5.74) is 1.12. The van der Waals surface area contributed by atoms with Crippen molar-refractivity contribution in [3.8, 4) is 0 Å². The quantitative estimate of drug-likeness (QED) is 0.707. The molecule has 4 nitrogen and oxygen atoms in total. The lowest BCUT2D eigenvalue weighted by Crippen LogP contribution is -2.35. The van der Waals surface area contributed by atoms with Gasteiger partial charge in [0.2, 0.25) is 5.91 Å². The van der Waals surface area contributed by atoms with Gasteiger partial charge in [-0.15, -0.1) is 0 Å². The molecule has 0 aliphatic heterocycles. The van der Waals surface area contributed by atoms with Crippen molar-refractivity contribution in [1.82, 2.24) is 10.2 Å².